The molecule has 0 spiro atoms. The van der Waals surface area contributed by atoms with Crippen molar-refractivity contribution in [3.63, 3.8) is 0 Å². The summed E-state index contributed by atoms with van der Waals surface area (Å²) in [5, 5.41) is 11.2. The number of hydrogen-bond acceptors (Lipinski definition) is 4. The molecule has 0 aromatic heterocycles. The summed E-state index contributed by atoms with van der Waals surface area (Å²) in [6, 6.07) is 10.2. The van der Waals surface area contributed by atoms with Gasteiger partial charge in [0.2, 0.25) is 0 Å². The fourth-order valence-electron chi connectivity index (χ4n) is 1.53. The van der Waals surface area contributed by atoms with Crippen LogP contribution in [0.5, 0.6) is 5.75 Å². The SMILES string of the molecule is COOC(=O)c1cc(O)c2ccccc2c1. The third-order valence-corrected chi connectivity index (χ3v) is 2.23. The Morgan fingerprint density at radius 1 is 1.25 bits per heavy atom. The summed E-state index contributed by atoms with van der Waals surface area (Å²) in [5.74, 6) is -0.593. The predicted octanol–water partition coefficient (Wildman–Crippen LogP) is 2.26. The van der Waals surface area contributed by atoms with Crippen LogP contribution in [0.3, 0.4) is 0 Å². The van der Waals surface area contributed by atoms with Gasteiger partial charge in [0.15, 0.2) is 0 Å². The standard InChI is InChI=1S/C12H10O4/c1-15-16-12(14)9-6-8-4-2-3-5-10(8)11(13)7-9/h2-7,13H,1H3. The number of carbonyl (C=O) groups is 1. The quantitative estimate of drug-likeness (QED) is 0.620. The fourth-order valence-corrected chi connectivity index (χ4v) is 1.53. The maximum absolute atomic E-state index is 11.4. The molecule has 0 atom stereocenters. The van der Waals surface area contributed by atoms with Crippen LogP contribution in [0, 0.1) is 0 Å². The first kappa shape index (κ1) is 10.4. The van der Waals surface area contributed by atoms with Gasteiger partial charge in [-0.3, -0.25) is 4.89 Å². The van der Waals surface area contributed by atoms with Gasteiger partial charge in [-0.1, -0.05) is 24.3 Å². The van der Waals surface area contributed by atoms with Crippen LogP contribution in [0.1, 0.15) is 10.4 Å². The number of rotatable bonds is 2. The third-order valence-electron chi connectivity index (χ3n) is 2.23. The molecule has 0 unspecified atom stereocenters. The Kier molecular flexibility index (Phi) is 2.74. The second-order valence-electron chi connectivity index (χ2n) is 3.25. The molecule has 2 aromatic rings. The number of phenolic OH excluding ortho intramolecular Hbond substituents is 1. The largest absolute Gasteiger partial charge is 0.507 e. The van der Waals surface area contributed by atoms with Gasteiger partial charge in [0.25, 0.3) is 0 Å². The highest BCUT2D eigenvalue weighted by atomic mass is 17.2. The molecule has 0 aliphatic rings. The first-order valence-corrected chi connectivity index (χ1v) is 4.69. The van der Waals surface area contributed by atoms with E-state index in [9.17, 15) is 9.90 Å². The van der Waals surface area contributed by atoms with Crippen LogP contribution < -0.4 is 0 Å². The third kappa shape index (κ3) is 1.83. The van der Waals surface area contributed by atoms with Crippen LogP contribution in [-0.4, -0.2) is 18.2 Å². The number of hydrogen-bond donors (Lipinski definition) is 1. The number of aromatic hydroxyl groups is 1. The first-order chi connectivity index (χ1) is 7.72. The van der Waals surface area contributed by atoms with Gasteiger partial charge >= 0.3 is 5.97 Å². The van der Waals surface area contributed by atoms with Crippen molar-refractivity contribution in [1.82, 2.24) is 0 Å². The molecule has 0 saturated carbocycles. The maximum atomic E-state index is 11.4. The van der Waals surface area contributed by atoms with E-state index >= 15 is 0 Å². The van der Waals surface area contributed by atoms with Gasteiger partial charge in [-0.15, -0.1) is 0 Å². The number of phenols is 1. The molecular formula is C12H10O4. The van der Waals surface area contributed by atoms with Crippen molar-refractivity contribution in [2.75, 3.05) is 7.11 Å². The molecule has 0 fully saturated rings. The van der Waals surface area contributed by atoms with Crippen LogP contribution in [0.4, 0.5) is 0 Å². The summed E-state index contributed by atoms with van der Waals surface area (Å²) in [4.78, 5) is 20.0. The lowest BCUT2D eigenvalue weighted by Gasteiger charge is -2.04. The van der Waals surface area contributed by atoms with Crippen LogP contribution >= 0.6 is 0 Å². The lowest BCUT2D eigenvalue weighted by atomic mass is 10.1. The van der Waals surface area contributed by atoms with Gasteiger partial charge in [-0.2, -0.15) is 4.89 Å². The molecule has 2 aromatic carbocycles. The summed E-state index contributed by atoms with van der Waals surface area (Å²) in [6.07, 6.45) is 0. The highest BCUT2D eigenvalue weighted by Gasteiger charge is 2.11. The van der Waals surface area contributed by atoms with Crippen LogP contribution in [-0.2, 0) is 9.78 Å². The second kappa shape index (κ2) is 4.20. The van der Waals surface area contributed by atoms with Crippen LogP contribution in [0.2, 0.25) is 0 Å². The van der Waals surface area contributed by atoms with Gasteiger partial charge in [0, 0.05) is 5.39 Å². The average molecular weight is 218 g/mol. The number of benzene rings is 2. The van der Waals surface area contributed by atoms with Gasteiger partial charge < -0.3 is 5.11 Å². The Labute approximate surface area is 92.0 Å². The summed E-state index contributed by atoms with van der Waals surface area (Å²) in [7, 11) is 1.25. The zero-order valence-corrected chi connectivity index (χ0v) is 8.64. The molecule has 1 N–H and O–H groups in total. The van der Waals surface area contributed by atoms with E-state index in [-0.39, 0.29) is 11.3 Å². The molecule has 4 nitrogen and oxygen atoms in total. The zero-order chi connectivity index (χ0) is 11.5. The molecule has 0 heterocycles. The number of fused-ring (bicyclic) bond motifs is 1. The van der Waals surface area contributed by atoms with E-state index < -0.39 is 5.97 Å². The van der Waals surface area contributed by atoms with E-state index in [1.54, 1.807) is 18.2 Å². The molecule has 0 bridgehead atoms. The van der Waals surface area contributed by atoms with Crippen molar-refractivity contribution < 1.29 is 19.7 Å². The molecule has 0 radical (unpaired) electrons. The molecule has 16 heavy (non-hydrogen) atoms. The van der Waals surface area contributed by atoms with Crippen molar-refractivity contribution >= 4 is 16.7 Å². The van der Waals surface area contributed by atoms with Crippen molar-refractivity contribution in [2.45, 2.75) is 0 Å². The Bertz CT molecular complexity index is 534. The fraction of sp³-hybridized carbons (Fsp3) is 0.0833. The molecular weight excluding hydrogens is 208 g/mol. The van der Waals surface area contributed by atoms with E-state index in [2.05, 4.69) is 9.78 Å². The van der Waals surface area contributed by atoms with Gasteiger partial charge in [0.05, 0.1) is 12.7 Å². The topological polar surface area (TPSA) is 55.8 Å². The van der Waals surface area contributed by atoms with Crippen molar-refractivity contribution in [3.05, 3.63) is 42.0 Å². The molecule has 0 amide bonds. The summed E-state index contributed by atoms with van der Waals surface area (Å²) in [6.45, 7) is 0. The summed E-state index contributed by atoms with van der Waals surface area (Å²) in [5.41, 5.74) is 0.248. The van der Waals surface area contributed by atoms with Crippen molar-refractivity contribution in [1.29, 1.82) is 0 Å². The average Bonchev–Trinajstić information content (AvgIpc) is 2.29. The lowest BCUT2D eigenvalue weighted by molar-refractivity contribution is -0.216. The van der Waals surface area contributed by atoms with Crippen LogP contribution in [0.15, 0.2) is 36.4 Å². The van der Waals surface area contributed by atoms with E-state index in [1.165, 1.54) is 13.2 Å². The molecule has 0 aliphatic carbocycles. The molecule has 0 saturated heterocycles. The summed E-state index contributed by atoms with van der Waals surface area (Å²) < 4.78 is 0. The Morgan fingerprint density at radius 3 is 2.75 bits per heavy atom. The summed E-state index contributed by atoms with van der Waals surface area (Å²) >= 11 is 0. The van der Waals surface area contributed by atoms with E-state index in [4.69, 9.17) is 0 Å². The second-order valence-corrected chi connectivity index (χ2v) is 3.25. The van der Waals surface area contributed by atoms with Gasteiger partial charge in [0.1, 0.15) is 5.75 Å². The first-order valence-electron chi connectivity index (χ1n) is 4.69. The maximum Gasteiger partial charge on any atom is 0.373 e. The number of carbonyl (C=O) groups excluding carboxylic acids is 1. The lowest BCUT2D eigenvalue weighted by Crippen LogP contribution is -2.03. The Hall–Kier alpha value is -2.07. The minimum absolute atomic E-state index is 0.0427. The Morgan fingerprint density at radius 2 is 2.00 bits per heavy atom. The molecule has 2 rings (SSSR count). The minimum Gasteiger partial charge on any atom is -0.507 e. The van der Waals surface area contributed by atoms with Crippen molar-refractivity contribution in [2.24, 2.45) is 0 Å². The highest BCUT2D eigenvalue weighted by Crippen LogP contribution is 2.26. The Balaban J connectivity index is 2.53. The zero-order valence-electron chi connectivity index (χ0n) is 8.64. The van der Waals surface area contributed by atoms with E-state index in [1.807, 2.05) is 12.1 Å². The van der Waals surface area contributed by atoms with Gasteiger partial charge in [-0.05, 0) is 17.5 Å². The predicted molar refractivity (Wildman–Crippen MR) is 58.0 cm³/mol. The molecule has 82 valence electrons. The van der Waals surface area contributed by atoms with Crippen LogP contribution in [0.25, 0.3) is 10.8 Å². The normalized spacial score (nSPS) is 10.3. The smallest absolute Gasteiger partial charge is 0.373 e. The molecule has 4 heteroatoms. The van der Waals surface area contributed by atoms with Crippen molar-refractivity contribution in [3.8, 4) is 5.75 Å². The highest BCUT2D eigenvalue weighted by molar-refractivity contribution is 5.97. The molecule has 0 aliphatic heterocycles. The van der Waals surface area contributed by atoms with Gasteiger partial charge in [-0.25, -0.2) is 4.79 Å². The monoisotopic (exact) mass is 218 g/mol. The minimum atomic E-state index is -0.636. The van der Waals surface area contributed by atoms with E-state index in [0.717, 1.165) is 5.39 Å². The van der Waals surface area contributed by atoms with E-state index in [0.29, 0.717) is 5.39 Å².